The second kappa shape index (κ2) is 4.24. The molecule has 2 heterocycles. The first kappa shape index (κ1) is 9.87. The van der Waals surface area contributed by atoms with E-state index in [1.54, 1.807) is 6.20 Å². The number of nitriles is 1. The molecule has 1 aliphatic heterocycles. The standard InChI is InChI=1S/C10H12N4O/c11-5-9-10(13-3-2-12-9)14-4-1-8(6-14)7-15/h2-3,8,15H,1,4,6-7H2/t8-/m0/s1. The van der Waals surface area contributed by atoms with Crippen molar-refractivity contribution in [1.82, 2.24) is 9.97 Å². The Bertz CT molecular complexity index is 387. The number of aromatic nitrogens is 2. The van der Waals surface area contributed by atoms with Crippen LogP contribution in [0.25, 0.3) is 0 Å². The molecule has 1 aromatic rings. The van der Waals surface area contributed by atoms with Crippen LogP contribution >= 0.6 is 0 Å². The van der Waals surface area contributed by atoms with E-state index in [-0.39, 0.29) is 6.61 Å². The van der Waals surface area contributed by atoms with Crippen LogP contribution in [0.4, 0.5) is 5.82 Å². The van der Waals surface area contributed by atoms with Crippen molar-refractivity contribution in [3.05, 3.63) is 18.1 Å². The van der Waals surface area contributed by atoms with Gasteiger partial charge < -0.3 is 10.0 Å². The van der Waals surface area contributed by atoms with Crippen LogP contribution < -0.4 is 4.90 Å². The third-order valence-electron chi connectivity index (χ3n) is 2.63. The number of hydrogen-bond donors (Lipinski definition) is 1. The first-order valence-electron chi connectivity index (χ1n) is 4.92. The molecule has 0 spiro atoms. The fraction of sp³-hybridized carbons (Fsp3) is 0.500. The van der Waals surface area contributed by atoms with Gasteiger partial charge in [0.05, 0.1) is 0 Å². The van der Waals surface area contributed by atoms with Gasteiger partial charge >= 0.3 is 0 Å². The van der Waals surface area contributed by atoms with Crippen molar-refractivity contribution < 1.29 is 5.11 Å². The number of nitrogens with zero attached hydrogens (tertiary/aromatic N) is 4. The molecule has 0 bridgehead atoms. The van der Waals surface area contributed by atoms with Crippen LogP contribution in [-0.4, -0.2) is 34.8 Å². The van der Waals surface area contributed by atoms with E-state index < -0.39 is 0 Å². The fourth-order valence-corrected chi connectivity index (χ4v) is 1.82. The molecule has 78 valence electrons. The van der Waals surface area contributed by atoms with Crippen LogP contribution in [-0.2, 0) is 0 Å². The molecular weight excluding hydrogens is 192 g/mol. The predicted molar refractivity (Wildman–Crippen MR) is 54.2 cm³/mol. The SMILES string of the molecule is N#Cc1nccnc1N1CC[C@H](CO)C1. The van der Waals surface area contributed by atoms with Crippen LogP contribution in [0.3, 0.4) is 0 Å². The van der Waals surface area contributed by atoms with Crippen molar-refractivity contribution in [2.45, 2.75) is 6.42 Å². The largest absolute Gasteiger partial charge is 0.396 e. The predicted octanol–water partition coefficient (Wildman–Crippen LogP) is 0.167. The molecule has 5 nitrogen and oxygen atoms in total. The quantitative estimate of drug-likeness (QED) is 0.743. The van der Waals surface area contributed by atoms with Crippen LogP contribution in [0.15, 0.2) is 12.4 Å². The number of anilines is 1. The number of rotatable bonds is 2. The molecule has 1 aliphatic rings. The van der Waals surface area contributed by atoms with Gasteiger partial charge in [0.25, 0.3) is 0 Å². The van der Waals surface area contributed by atoms with Crippen LogP contribution in [0, 0.1) is 17.2 Å². The lowest BCUT2D eigenvalue weighted by atomic mass is 10.1. The van der Waals surface area contributed by atoms with E-state index >= 15 is 0 Å². The number of aliphatic hydroxyl groups is 1. The molecule has 0 amide bonds. The summed E-state index contributed by atoms with van der Waals surface area (Å²) >= 11 is 0. The highest BCUT2D eigenvalue weighted by atomic mass is 16.3. The zero-order valence-electron chi connectivity index (χ0n) is 8.30. The maximum absolute atomic E-state index is 9.03. The summed E-state index contributed by atoms with van der Waals surface area (Å²) in [6.07, 6.45) is 4.04. The fourth-order valence-electron chi connectivity index (χ4n) is 1.82. The Morgan fingerprint density at radius 3 is 3.00 bits per heavy atom. The molecule has 5 heteroatoms. The molecule has 1 fully saturated rings. The Morgan fingerprint density at radius 1 is 1.53 bits per heavy atom. The summed E-state index contributed by atoms with van der Waals surface area (Å²) in [7, 11) is 0. The minimum atomic E-state index is 0.193. The minimum absolute atomic E-state index is 0.193. The number of hydrogen-bond acceptors (Lipinski definition) is 5. The molecule has 1 saturated heterocycles. The highest BCUT2D eigenvalue weighted by molar-refractivity contribution is 5.50. The van der Waals surface area contributed by atoms with Crippen molar-refractivity contribution in [3.8, 4) is 6.07 Å². The highest BCUT2D eigenvalue weighted by Gasteiger charge is 2.24. The Hall–Kier alpha value is -1.67. The summed E-state index contributed by atoms with van der Waals surface area (Å²) in [5, 5.41) is 17.9. The van der Waals surface area contributed by atoms with Crippen molar-refractivity contribution in [3.63, 3.8) is 0 Å². The Morgan fingerprint density at radius 2 is 2.33 bits per heavy atom. The van der Waals surface area contributed by atoms with Crippen molar-refractivity contribution in [2.24, 2.45) is 5.92 Å². The third kappa shape index (κ3) is 1.90. The van der Waals surface area contributed by atoms with E-state index in [0.29, 0.717) is 17.4 Å². The average molecular weight is 204 g/mol. The Balaban J connectivity index is 2.20. The van der Waals surface area contributed by atoms with Crippen LogP contribution in [0.5, 0.6) is 0 Å². The molecule has 2 rings (SSSR count). The Labute approximate surface area is 88.0 Å². The van der Waals surface area contributed by atoms with Crippen molar-refractivity contribution in [2.75, 3.05) is 24.6 Å². The topological polar surface area (TPSA) is 73.0 Å². The first-order chi connectivity index (χ1) is 7.35. The molecule has 0 aromatic carbocycles. The normalized spacial score (nSPS) is 20.3. The zero-order valence-corrected chi connectivity index (χ0v) is 8.30. The summed E-state index contributed by atoms with van der Waals surface area (Å²) in [6.45, 7) is 1.78. The lowest BCUT2D eigenvalue weighted by Gasteiger charge is -2.17. The summed E-state index contributed by atoms with van der Waals surface area (Å²) in [6, 6.07) is 2.03. The van der Waals surface area contributed by atoms with Gasteiger partial charge in [0.15, 0.2) is 11.5 Å². The average Bonchev–Trinajstić information content (AvgIpc) is 2.77. The number of aliphatic hydroxyl groups excluding tert-OH is 1. The second-order valence-electron chi connectivity index (χ2n) is 3.62. The molecule has 0 saturated carbocycles. The van der Waals surface area contributed by atoms with E-state index in [1.807, 2.05) is 11.0 Å². The van der Waals surface area contributed by atoms with E-state index in [4.69, 9.17) is 10.4 Å². The summed E-state index contributed by atoms with van der Waals surface area (Å²) in [5.41, 5.74) is 0.357. The second-order valence-corrected chi connectivity index (χ2v) is 3.62. The highest BCUT2D eigenvalue weighted by Crippen LogP contribution is 2.23. The van der Waals surface area contributed by atoms with E-state index in [1.165, 1.54) is 6.20 Å². The van der Waals surface area contributed by atoms with Gasteiger partial charge in [0, 0.05) is 38.0 Å². The van der Waals surface area contributed by atoms with Gasteiger partial charge in [-0.05, 0) is 6.42 Å². The van der Waals surface area contributed by atoms with Gasteiger partial charge in [-0.3, -0.25) is 0 Å². The van der Waals surface area contributed by atoms with Crippen molar-refractivity contribution >= 4 is 5.82 Å². The first-order valence-corrected chi connectivity index (χ1v) is 4.92. The van der Waals surface area contributed by atoms with Gasteiger partial charge in [-0.1, -0.05) is 0 Å². The molecule has 1 aromatic heterocycles. The molecule has 0 unspecified atom stereocenters. The third-order valence-corrected chi connectivity index (χ3v) is 2.63. The van der Waals surface area contributed by atoms with Gasteiger partial charge in [0.2, 0.25) is 0 Å². The smallest absolute Gasteiger partial charge is 0.183 e. The molecular formula is C10H12N4O. The monoisotopic (exact) mass is 204 g/mol. The lowest BCUT2D eigenvalue weighted by Crippen LogP contribution is -2.23. The maximum Gasteiger partial charge on any atom is 0.183 e. The zero-order chi connectivity index (χ0) is 10.7. The van der Waals surface area contributed by atoms with Gasteiger partial charge in [0.1, 0.15) is 6.07 Å². The summed E-state index contributed by atoms with van der Waals surface area (Å²) in [5.74, 6) is 0.925. The van der Waals surface area contributed by atoms with Crippen molar-refractivity contribution in [1.29, 1.82) is 5.26 Å². The van der Waals surface area contributed by atoms with E-state index in [0.717, 1.165) is 19.5 Å². The Kier molecular flexibility index (Phi) is 2.79. The van der Waals surface area contributed by atoms with Crippen LogP contribution in [0.2, 0.25) is 0 Å². The van der Waals surface area contributed by atoms with E-state index in [2.05, 4.69) is 9.97 Å². The summed E-state index contributed by atoms with van der Waals surface area (Å²) < 4.78 is 0. The van der Waals surface area contributed by atoms with Crippen LogP contribution in [0.1, 0.15) is 12.1 Å². The molecule has 15 heavy (non-hydrogen) atoms. The summed E-state index contributed by atoms with van der Waals surface area (Å²) in [4.78, 5) is 10.1. The molecule has 0 aliphatic carbocycles. The molecule has 0 radical (unpaired) electrons. The van der Waals surface area contributed by atoms with Gasteiger partial charge in [-0.2, -0.15) is 5.26 Å². The maximum atomic E-state index is 9.03. The lowest BCUT2D eigenvalue weighted by molar-refractivity contribution is 0.238. The van der Waals surface area contributed by atoms with E-state index in [9.17, 15) is 0 Å². The minimum Gasteiger partial charge on any atom is -0.396 e. The molecule has 1 N–H and O–H groups in total. The van der Waals surface area contributed by atoms with Gasteiger partial charge in [-0.15, -0.1) is 0 Å². The van der Waals surface area contributed by atoms with Gasteiger partial charge in [-0.25, -0.2) is 9.97 Å². The molecule has 1 atom stereocenters.